The number of benzene rings is 1. The van der Waals surface area contributed by atoms with E-state index in [4.69, 9.17) is 16.7 Å². The van der Waals surface area contributed by atoms with Gasteiger partial charge in [-0.1, -0.05) is 35.9 Å². The lowest BCUT2D eigenvalue weighted by Crippen LogP contribution is -1.92. The lowest BCUT2D eigenvalue weighted by atomic mass is 10.2. The summed E-state index contributed by atoms with van der Waals surface area (Å²) in [4.78, 5) is 9.24. The Morgan fingerprint density at radius 1 is 1.42 bits per heavy atom. The second-order valence-electron chi connectivity index (χ2n) is 2.18. The summed E-state index contributed by atoms with van der Waals surface area (Å²) < 4.78 is 0. The molecule has 2 nitrogen and oxygen atoms in total. The molecule has 1 rings (SSSR count). The summed E-state index contributed by atoms with van der Waals surface area (Å²) in [6.45, 7) is 2.08. The molecule has 66 valence electrons. The van der Waals surface area contributed by atoms with Gasteiger partial charge in [-0.15, -0.1) is 11.6 Å². The van der Waals surface area contributed by atoms with Crippen LogP contribution in [0.2, 0.25) is 0 Å². The van der Waals surface area contributed by atoms with E-state index in [1.165, 1.54) is 5.56 Å². The summed E-state index contributed by atoms with van der Waals surface area (Å²) in [6.07, 6.45) is 0. The van der Waals surface area contributed by atoms with Gasteiger partial charge in [0, 0.05) is 0 Å². The maximum Gasteiger partial charge on any atom is 0.318 e. The number of alkyl halides is 1. The molecule has 0 heterocycles. The molecule has 0 aromatic heterocycles. The van der Waals surface area contributed by atoms with Crippen molar-refractivity contribution in [1.82, 2.24) is 0 Å². The van der Waals surface area contributed by atoms with E-state index in [9.17, 15) is 4.79 Å². The average Bonchev–Trinajstić information content (AvgIpc) is 2.07. The summed E-state index contributed by atoms with van der Waals surface area (Å²) in [6, 6.07) is 10.3. The van der Waals surface area contributed by atoms with Gasteiger partial charge in [-0.25, -0.2) is 0 Å². The Hall–Kier alpha value is -1.02. The van der Waals surface area contributed by atoms with Crippen LogP contribution in [0.25, 0.3) is 0 Å². The molecule has 0 saturated carbocycles. The molecule has 1 aromatic rings. The molecule has 12 heavy (non-hydrogen) atoms. The zero-order valence-electron chi connectivity index (χ0n) is 6.83. The van der Waals surface area contributed by atoms with Crippen molar-refractivity contribution in [3.8, 4) is 0 Å². The van der Waals surface area contributed by atoms with Crippen LogP contribution in [-0.4, -0.2) is 17.0 Å². The molecular formula is C9H11ClO2. The number of aliphatic carboxylic acids is 1. The SMILES string of the molecule is Cc1ccccc1.O=C(O)CCl. The van der Waals surface area contributed by atoms with Crippen molar-refractivity contribution < 1.29 is 9.90 Å². The molecule has 0 aliphatic heterocycles. The van der Waals surface area contributed by atoms with Crippen LogP contribution in [0.1, 0.15) is 5.56 Å². The maximum absolute atomic E-state index is 9.24. The molecule has 0 radical (unpaired) electrons. The predicted octanol–water partition coefficient (Wildman–Crippen LogP) is 2.30. The number of carboxylic acids is 1. The summed E-state index contributed by atoms with van der Waals surface area (Å²) in [5, 5.41) is 7.59. The lowest BCUT2D eigenvalue weighted by molar-refractivity contribution is -0.134. The molecule has 3 heteroatoms. The molecule has 0 aliphatic carbocycles. The van der Waals surface area contributed by atoms with Gasteiger partial charge in [0.1, 0.15) is 5.88 Å². The van der Waals surface area contributed by atoms with Crippen molar-refractivity contribution in [2.24, 2.45) is 0 Å². The number of rotatable bonds is 1. The van der Waals surface area contributed by atoms with Crippen molar-refractivity contribution >= 4 is 17.6 Å². The highest BCUT2D eigenvalue weighted by molar-refractivity contribution is 6.26. The van der Waals surface area contributed by atoms with Gasteiger partial charge in [0.25, 0.3) is 0 Å². The molecule has 0 bridgehead atoms. The van der Waals surface area contributed by atoms with Crippen LogP contribution in [0.3, 0.4) is 0 Å². The van der Waals surface area contributed by atoms with Gasteiger partial charge in [-0.2, -0.15) is 0 Å². The van der Waals surface area contributed by atoms with Crippen LogP contribution in [0, 0.1) is 6.92 Å². The second-order valence-corrected chi connectivity index (χ2v) is 2.45. The van der Waals surface area contributed by atoms with Gasteiger partial charge in [0.2, 0.25) is 0 Å². The van der Waals surface area contributed by atoms with Gasteiger partial charge in [0.15, 0.2) is 0 Å². The number of aryl methyl sites for hydroxylation is 1. The first-order valence-electron chi connectivity index (χ1n) is 3.46. The van der Waals surface area contributed by atoms with E-state index in [-0.39, 0.29) is 5.88 Å². The molecule has 1 aromatic carbocycles. The first-order chi connectivity index (χ1) is 5.66. The Morgan fingerprint density at radius 2 is 1.83 bits per heavy atom. The second kappa shape index (κ2) is 6.68. The normalized spacial score (nSPS) is 8.17. The fourth-order valence-electron chi connectivity index (χ4n) is 0.534. The molecular weight excluding hydrogens is 176 g/mol. The van der Waals surface area contributed by atoms with Crippen LogP contribution in [0.5, 0.6) is 0 Å². The first kappa shape index (κ1) is 11.0. The van der Waals surface area contributed by atoms with Crippen LogP contribution < -0.4 is 0 Å². The molecule has 0 saturated heterocycles. The van der Waals surface area contributed by atoms with Crippen LogP contribution in [-0.2, 0) is 4.79 Å². The van der Waals surface area contributed by atoms with E-state index < -0.39 is 5.97 Å². The standard InChI is InChI=1S/C7H8.C2H3ClO2/c1-7-5-3-2-4-6-7;3-1-2(4)5/h2-6H,1H3;1H2,(H,4,5). The summed E-state index contributed by atoms with van der Waals surface area (Å²) in [5.41, 5.74) is 1.32. The smallest absolute Gasteiger partial charge is 0.318 e. The van der Waals surface area contributed by atoms with Gasteiger partial charge < -0.3 is 5.11 Å². The third kappa shape index (κ3) is 7.09. The largest absolute Gasteiger partial charge is 0.480 e. The van der Waals surface area contributed by atoms with Gasteiger partial charge >= 0.3 is 5.97 Å². The summed E-state index contributed by atoms with van der Waals surface area (Å²) in [5.74, 6) is -1.29. The van der Waals surface area contributed by atoms with E-state index in [1.807, 2.05) is 18.2 Å². The van der Waals surface area contributed by atoms with E-state index >= 15 is 0 Å². The molecule has 0 spiro atoms. The Balaban J connectivity index is 0.000000217. The van der Waals surface area contributed by atoms with Gasteiger partial charge in [-0.05, 0) is 6.92 Å². The highest BCUT2D eigenvalue weighted by Crippen LogP contribution is 1.92. The van der Waals surface area contributed by atoms with Crippen LogP contribution in [0.4, 0.5) is 0 Å². The van der Waals surface area contributed by atoms with Gasteiger partial charge in [-0.3, -0.25) is 4.79 Å². The molecule has 0 aliphatic rings. The fourth-order valence-corrected chi connectivity index (χ4v) is 0.534. The zero-order valence-corrected chi connectivity index (χ0v) is 7.58. The highest BCUT2D eigenvalue weighted by Gasteiger charge is 1.83. The number of carboxylic acid groups (broad SMARTS) is 1. The minimum atomic E-state index is -0.980. The first-order valence-corrected chi connectivity index (χ1v) is 3.99. The van der Waals surface area contributed by atoms with Crippen molar-refractivity contribution in [1.29, 1.82) is 0 Å². The number of carbonyl (C=O) groups is 1. The zero-order chi connectivity index (χ0) is 9.40. The average molecular weight is 187 g/mol. The van der Waals surface area contributed by atoms with Crippen LogP contribution in [0.15, 0.2) is 30.3 Å². The van der Waals surface area contributed by atoms with Crippen molar-refractivity contribution in [3.63, 3.8) is 0 Å². The highest BCUT2D eigenvalue weighted by atomic mass is 35.5. The van der Waals surface area contributed by atoms with Gasteiger partial charge in [0.05, 0.1) is 0 Å². The predicted molar refractivity (Wildman–Crippen MR) is 49.5 cm³/mol. The molecule has 0 fully saturated rings. The Bertz CT molecular complexity index is 221. The third-order valence-corrected chi connectivity index (χ3v) is 1.28. The van der Waals surface area contributed by atoms with E-state index in [0.29, 0.717) is 0 Å². The topological polar surface area (TPSA) is 37.3 Å². The van der Waals surface area contributed by atoms with E-state index in [1.54, 1.807) is 0 Å². The van der Waals surface area contributed by atoms with Crippen molar-refractivity contribution in [2.45, 2.75) is 6.92 Å². The van der Waals surface area contributed by atoms with Crippen molar-refractivity contribution in [2.75, 3.05) is 5.88 Å². The maximum atomic E-state index is 9.24. The monoisotopic (exact) mass is 186 g/mol. The molecule has 0 atom stereocenters. The van der Waals surface area contributed by atoms with E-state index in [2.05, 4.69) is 19.1 Å². The minimum Gasteiger partial charge on any atom is -0.480 e. The van der Waals surface area contributed by atoms with E-state index in [0.717, 1.165) is 0 Å². The Kier molecular flexibility index (Phi) is 6.11. The Labute approximate surface area is 76.8 Å². The quantitative estimate of drug-likeness (QED) is 0.684. The summed E-state index contributed by atoms with van der Waals surface area (Å²) in [7, 11) is 0. The lowest BCUT2D eigenvalue weighted by Gasteiger charge is -1.82. The molecule has 0 unspecified atom stereocenters. The Morgan fingerprint density at radius 3 is 2.00 bits per heavy atom. The minimum absolute atomic E-state index is 0.306. The number of hydrogen-bond donors (Lipinski definition) is 1. The van der Waals surface area contributed by atoms with Crippen molar-refractivity contribution in [3.05, 3.63) is 35.9 Å². The number of hydrogen-bond acceptors (Lipinski definition) is 1. The number of halogens is 1. The molecule has 0 amide bonds. The summed E-state index contributed by atoms with van der Waals surface area (Å²) >= 11 is 4.74. The molecule has 1 N–H and O–H groups in total. The van der Waals surface area contributed by atoms with Crippen LogP contribution >= 0.6 is 11.6 Å². The fraction of sp³-hybridized carbons (Fsp3) is 0.222. The third-order valence-electron chi connectivity index (χ3n) is 1.05.